The van der Waals surface area contributed by atoms with E-state index < -0.39 is 11.7 Å². The zero-order valence-corrected chi connectivity index (χ0v) is 19.0. The van der Waals surface area contributed by atoms with Crippen molar-refractivity contribution < 1.29 is 18.4 Å². The predicted octanol–water partition coefficient (Wildman–Crippen LogP) is 4.79. The molecule has 0 bridgehead atoms. The van der Waals surface area contributed by atoms with Gasteiger partial charge in [0.25, 0.3) is 11.8 Å². The van der Waals surface area contributed by atoms with Crippen molar-refractivity contribution in [2.45, 2.75) is 13.5 Å². The molecule has 2 amide bonds. The normalized spacial score (nSPS) is 10.9. The summed E-state index contributed by atoms with van der Waals surface area (Å²) in [4.78, 5) is 30.0. The Hall–Kier alpha value is -3.10. The SMILES string of the molecule is Cc1cc(NC(=O)c2cccc(F)c2)sc1C(=O)N(CCN(C)C)Cc1ccc(F)cc1. The number of anilines is 1. The maximum atomic E-state index is 13.4. The van der Waals surface area contributed by atoms with Crippen LogP contribution >= 0.6 is 11.3 Å². The lowest BCUT2D eigenvalue weighted by Gasteiger charge is -2.24. The summed E-state index contributed by atoms with van der Waals surface area (Å²) in [5.74, 6) is -1.42. The molecule has 0 saturated heterocycles. The minimum Gasteiger partial charge on any atom is -0.332 e. The topological polar surface area (TPSA) is 52.7 Å². The maximum absolute atomic E-state index is 13.4. The van der Waals surface area contributed by atoms with Gasteiger partial charge < -0.3 is 15.1 Å². The number of aryl methyl sites for hydroxylation is 1. The molecule has 5 nitrogen and oxygen atoms in total. The van der Waals surface area contributed by atoms with Crippen molar-refractivity contribution in [3.8, 4) is 0 Å². The Balaban J connectivity index is 1.78. The summed E-state index contributed by atoms with van der Waals surface area (Å²) >= 11 is 1.18. The highest BCUT2D eigenvalue weighted by Gasteiger charge is 2.22. The van der Waals surface area contributed by atoms with Gasteiger partial charge in [0.2, 0.25) is 0 Å². The van der Waals surface area contributed by atoms with E-state index in [-0.39, 0.29) is 17.3 Å². The molecule has 0 fully saturated rings. The van der Waals surface area contributed by atoms with Gasteiger partial charge in [-0.3, -0.25) is 9.59 Å². The molecule has 0 aliphatic carbocycles. The first-order valence-electron chi connectivity index (χ1n) is 10.1. The number of thiophene rings is 1. The number of likely N-dealkylation sites (N-methyl/N-ethyl adjacent to an activating group) is 1. The van der Waals surface area contributed by atoms with Crippen molar-refractivity contribution in [2.24, 2.45) is 0 Å². The Labute approximate surface area is 190 Å². The second-order valence-electron chi connectivity index (χ2n) is 7.74. The van der Waals surface area contributed by atoms with Crippen LogP contribution in [-0.4, -0.2) is 48.8 Å². The monoisotopic (exact) mass is 457 g/mol. The van der Waals surface area contributed by atoms with E-state index in [1.165, 1.54) is 41.7 Å². The molecule has 3 aromatic rings. The summed E-state index contributed by atoms with van der Waals surface area (Å²) in [5.41, 5.74) is 1.77. The van der Waals surface area contributed by atoms with Gasteiger partial charge in [0.15, 0.2) is 0 Å². The van der Waals surface area contributed by atoms with Gasteiger partial charge in [0, 0.05) is 25.2 Å². The van der Waals surface area contributed by atoms with Crippen molar-refractivity contribution in [1.29, 1.82) is 0 Å². The van der Waals surface area contributed by atoms with Crippen LogP contribution in [0.2, 0.25) is 0 Å². The van der Waals surface area contributed by atoms with Crippen molar-refractivity contribution in [1.82, 2.24) is 9.80 Å². The highest BCUT2D eigenvalue weighted by molar-refractivity contribution is 7.18. The van der Waals surface area contributed by atoms with Crippen LogP contribution < -0.4 is 5.32 Å². The molecule has 0 saturated carbocycles. The summed E-state index contributed by atoms with van der Waals surface area (Å²) in [6, 6.07) is 13.2. The van der Waals surface area contributed by atoms with Crippen LogP contribution in [-0.2, 0) is 6.54 Å². The average Bonchev–Trinajstić information content (AvgIpc) is 3.11. The molecule has 0 aliphatic rings. The summed E-state index contributed by atoms with van der Waals surface area (Å²) in [7, 11) is 3.86. The molecule has 1 N–H and O–H groups in total. The Morgan fingerprint density at radius 3 is 2.34 bits per heavy atom. The molecule has 3 rings (SSSR count). The second kappa shape index (κ2) is 10.5. The second-order valence-corrected chi connectivity index (χ2v) is 8.80. The lowest BCUT2D eigenvalue weighted by atomic mass is 10.2. The number of hydrogen-bond acceptors (Lipinski definition) is 4. The Morgan fingerprint density at radius 2 is 1.69 bits per heavy atom. The fourth-order valence-corrected chi connectivity index (χ4v) is 4.13. The first kappa shape index (κ1) is 23.6. The third kappa shape index (κ3) is 6.21. The predicted molar refractivity (Wildman–Crippen MR) is 123 cm³/mol. The van der Waals surface area contributed by atoms with Crippen LogP contribution in [0.4, 0.5) is 13.8 Å². The largest absolute Gasteiger partial charge is 0.332 e. The molecule has 2 aromatic carbocycles. The zero-order chi connectivity index (χ0) is 23.3. The number of hydrogen-bond donors (Lipinski definition) is 1. The number of halogens is 2. The Kier molecular flexibility index (Phi) is 7.71. The molecule has 8 heteroatoms. The highest BCUT2D eigenvalue weighted by atomic mass is 32.1. The summed E-state index contributed by atoms with van der Waals surface area (Å²) in [6.07, 6.45) is 0. The molecule has 168 valence electrons. The zero-order valence-electron chi connectivity index (χ0n) is 18.2. The molecule has 1 aromatic heterocycles. The number of carbonyl (C=O) groups excluding carboxylic acids is 2. The van der Waals surface area contributed by atoms with E-state index >= 15 is 0 Å². The van der Waals surface area contributed by atoms with E-state index in [0.717, 1.165) is 17.2 Å². The summed E-state index contributed by atoms with van der Waals surface area (Å²) < 4.78 is 26.7. The average molecular weight is 458 g/mol. The molecule has 0 spiro atoms. The molecular formula is C24H25F2N3O2S. The van der Waals surface area contributed by atoms with Crippen LogP contribution in [0, 0.1) is 18.6 Å². The third-order valence-electron chi connectivity index (χ3n) is 4.83. The Morgan fingerprint density at radius 1 is 0.969 bits per heavy atom. The van der Waals surface area contributed by atoms with Gasteiger partial charge in [-0.05, 0) is 68.5 Å². The van der Waals surface area contributed by atoms with Crippen molar-refractivity contribution in [3.05, 3.63) is 87.8 Å². The minimum atomic E-state index is -0.492. The summed E-state index contributed by atoms with van der Waals surface area (Å²) in [6.45, 7) is 3.31. The van der Waals surface area contributed by atoms with E-state index in [0.29, 0.717) is 29.5 Å². The molecule has 0 radical (unpaired) electrons. The van der Waals surface area contributed by atoms with Crippen molar-refractivity contribution >= 4 is 28.2 Å². The number of nitrogens with one attached hydrogen (secondary N) is 1. The molecule has 1 heterocycles. The van der Waals surface area contributed by atoms with Gasteiger partial charge in [-0.2, -0.15) is 0 Å². The van der Waals surface area contributed by atoms with Gasteiger partial charge in [-0.15, -0.1) is 11.3 Å². The standard InChI is InChI=1S/C24H25F2N3O2S/c1-16-13-21(27-23(30)18-5-4-6-20(26)14-18)32-22(16)24(31)29(12-11-28(2)3)15-17-7-9-19(25)10-8-17/h4-10,13-14H,11-12,15H2,1-3H3,(H,27,30). The first-order chi connectivity index (χ1) is 15.2. The molecule has 0 atom stereocenters. The van der Waals surface area contributed by atoms with Crippen LogP contribution in [0.1, 0.15) is 31.2 Å². The summed E-state index contributed by atoms with van der Waals surface area (Å²) in [5, 5.41) is 3.25. The van der Waals surface area contributed by atoms with E-state index in [9.17, 15) is 18.4 Å². The van der Waals surface area contributed by atoms with Crippen LogP contribution in [0.3, 0.4) is 0 Å². The van der Waals surface area contributed by atoms with Crippen molar-refractivity contribution in [3.63, 3.8) is 0 Å². The molecule has 32 heavy (non-hydrogen) atoms. The number of nitrogens with zero attached hydrogens (tertiary/aromatic N) is 2. The van der Waals surface area contributed by atoms with E-state index in [2.05, 4.69) is 5.32 Å². The number of benzene rings is 2. The fourth-order valence-electron chi connectivity index (χ4n) is 3.10. The van der Waals surface area contributed by atoms with Gasteiger partial charge in [-0.1, -0.05) is 18.2 Å². The van der Waals surface area contributed by atoms with Gasteiger partial charge in [0.05, 0.1) is 9.88 Å². The fraction of sp³-hybridized carbons (Fsp3) is 0.250. The molecular weight excluding hydrogens is 432 g/mol. The van der Waals surface area contributed by atoms with E-state index in [1.807, 2.05) is 25.9 Å². The van der Waals surface area contributed by atoms with Crippen LogP contribution in [0.25, 0.3) is 0 Å². The number of amides is 2. The maximum Gasteiger partial charge on any atom is 0.264 e. The minimum absolute atomic E-state index is 0.162. The van der Waals surface area contributed by atoms with Gasteiger partial charge in [-0.25, -0.2) is 8.78 Å². The number of rotatable bonds is 8. The van der Waals surface area contributed by atoms with Crippen molar-refractivity contribution in [2.75, 3.05) is 32.5 Å². The number of carbonyl (C=O) groups is 2. The highest BCUT2D eigenvalue weighted by Crippen LogP contribution is 2.29. The first-order valence-corrected chi connectivity index (χ1v) is 10.9. The van der Waals surface area contributed by atoms with E-state index in [4.69, 9.17) is 0 Å². The lowest BCUT2D eigenvalue weighted by molar-refractivity contribution is 0.0736. The van der Waals surface area contributed by atoms with Crippen LogP contribution in [0.15, 0.2) is 54.6 Å². The Bertz CT molecular complexity index is 1100. The van der Waals surface area contributed by atoms with Gasteiger partial charge >= 0.3 is 0 Å². The third-order valence-corrected chi connectivity index (χ3v) is 5.97. The molecule has 0 aliphatic heterocycles. The molecule has 0 unspecified atom stereocenters. The smallest absolute Gasteiger partial charge is 0.264 e. The van der Waals surface area contributed by atoms with Crippen LogP contribution in [0.5, 0.6) is 0 Å². The quantitative estimate of drug-likeness (QED) is 0.529. The lowest BCUT2D eigenvalue weighted by Crippen LogP contribution is -2.36. The van der Waals surface area contributed by atoms with E-state index in [1.54, 1.807) is 23.1 Å². The van der Waals surface area contributed by atoms with Gasteiger partial charge in [0.1, 0.15) is 11.6 Å².